The highest BCUT2D eigenvalue weighted by Crippen LogP contribution is 2.44. The Morgan fingerprint density at radius 1 is 1.21 bits per heavy atom. The molecular weight excluding hydrogens is 300 g/mol. The maximum Gasteiger partial charge on any atom is 0.308 e. The standard InChI is InChI=1S/C21H30O3/c1-7-8-9-10-12-21(6)13-11-18-16(4)19(23-17(5)22)14(2)15(3)20(18)24-21/h9-10H,7-8,11-13H2,1-6H3/b10-9+/t21-/m1/s1. The van der Waals surface area contributed by atoms with Crippen molar-refractivity contribution in [2.45, 2.75) is 79.2 Å². The van der Waals surface area contributed by atoms with Gasteiger partial charge >= 0.3 is 5.97 Å². The van der Waals surface area contributed by atoms with Gasteiger partial charge in [-0.3, -0.25) is 4.79 Å². The van der Waals surface area contributed by atoms with Crippen molar-refractivity contribution < 1.29 is 14.3 Å². The summed E-state index contributed by atoms with van der Waals surface area (Å²) in [5, 5.41) is 0. The van der Waals surface area contributed by atoms with Gasteiger partial charge in [0.1, 0.15) is 17.1 Å². The van der Waals surface area contributed by atoms with Gasteiger partial charge < -0.3 is 9.47 Å². The predicted molar refractivity (Wildman–Crippen MR) is 98.0 cm³/mol. The first-order chi connectivity index (χ1) is 11.3. The summed E-state index contributed by atoms with van der Waals surface area (Å²) in [5.74, 6) is 1.41. The highest BCUT2D eigenvalue weighted by atomic mass is 16.5. The Balaban J connectivity index is 2.33. The van der Waals surface area contributed by atoms with E-state index >= 15 is 0 Å². The molecule has 0 spiro atoms. The average Bonchev–Trinajstić information content (AvgIpc) is 2.53. The van der Waals surface area contributed by atoms with Crippen LogP contribution in [-0.2, 0) is 11.2 Å². The minimum absolute atomic E-state index is 0.163. The molecule has 0 saturated heterocycles. The Bertz CT molecular complexity index is 658. The van der Waals surface area contributed by atoms with Gasteiger partial charge in [0.05, 0.1) is 0 Å². The second kappa shape index (κ2) is 7.42. The van der Waals surface area contributed by atoms with Crippen LogP contribution < -0.4 is 9.47 Å². The topological polar surface area (TPSA) is 35.5 Å². The maximum atomic E-state index is 11.4. The largest absolute Gasteiger partial charge is 0.487 e. The van der Waals surface area contributed by atoms with Gasteiger partial charge in [0.15, 0.2) is 0 Å². The molecule has 2 rings (SSSR count). The molecule has 0 bridgehead atoms. The molecule has 0 unspecified atom stereocenters. The van der Waals surface area contributed by atoms with Gasteiger partial charge in [0.25, 0.3) is 0 Å². The number of allylic oxidation sites excluding steroid dienone is 1. The smallest absolute Gasteiger partial charge is 0.308 e. The molecule has 0 fully saturated rings. The van der Waals surface area contributed by atoms with E-state index in [0.717, 1.165) is 48.1 Å². The summed E-state index contributed by atoms with van der Waals surface area (Å²) in [4.78, 5) is 11.4. The zero-order valence-corrected chi connectivity index (χ0v) is 15.9. The lowest BCUT2D eigenvalue weighted by molar-refractivity contribution is -0.132. The second-order valence-corrected chi connectivity index (χ2v) is 7.12. The van der Waals surface area contributed by atoms with Gasteiger partial charge in [0.2, 0.25) is 0 Å². The maximum absolute atomic E-state index is 11.4. The highest BCUT2D eigenvalue weighted by Gasteiger charge is 2.34. The van der Waals surface area contributed by atoms with E-state index in [0.29, 0.717) is 5.75 Å². The highest BCUT2D eigenvalue weighted by molar-refractivity contribution is 5.72. The van der Waals surface area contributed by atoms with Crippen LogP contribution in [0.5, 0.6) is 11.5 Å². The van der Waals surface area contributed by atoms with Crippen LogP contribution in [-0.4, -0.2) is 11.6 Å². The number of ether oxygens (including phenoxy) is 2. The van der Waals surface area contributed by atoms with Gasteiger partial charge in [-0.1, -0.05) is 25.5 Å². The predicted octanol–water partition coefficient (Wildman–Crippen LogP) is 5.37. The Morgan fingerprint density at radius 2 is 1.92 bits per heavy atom. The van der Waals surface area contributed by atoms with Gasteiger partial charge in [0, 0.05) is 18.9 Å². The molecule has 1 aliphatic rings. The molecule has 1 heterocycles. The first-order valence-electron chi connectivity index (χ1n) is 8.94. The first-order valence-corrected chi connectivity index (χ1v) is 8.94. The SMILES string of the molecule is CCC/C=C/C[C@]1(C)CCc2c(C)c(OC(C)=O)c(C)c(C)c2O1. The molecule has 3 nitrogen and oxygen atoms in total. The summed E-state index contributed by atoms with van der Waals surface area (Å²) in [7, 11) is 0. The number of carbonyl (C=O) groups is 1. The van der Waals surface area contributed by atoms with Crippen LogP contribution in [0.25, 0.3) is 0 Å². The zero-order chi connectivity index (χ0) is 17.9. The van der Waals surface area contributed by atoms with E-state index in [4.69, 9.17) is 9.47 Å². The lowest BCUT2D eigenvalue weighted by Crippen LogP contribution is -2.36. The Hall–Kier alpha value is -1.77. The summed E-state index contributed by atoms with van der Waals surface area (Å²) >= 11 is 0. The molecule has 0 amide bonds. The minimum atomic E-state index is -0.275. The summed E-state index contributed by atoms with van der Waals surface area (Å²) in [5.41, 5.74) is 4.13. The molecule has 0 N–H and O–H groups in total. The van der Waals surface area contributed by atoms with Crippen molar-refractivity contribution in [1.82, 2.24) is 0 Å². The van der Waals surface area contributed by atoms with Crippen LogP contribution in [0.4, 0.5) is 0 Å². The molecule has 1 atom stereocenters. The zero-order valence-electron chi connectivity index (χ0n) is 15.9. The molecule has 0 radical (unpaired) electrons. The van der Waals surface area contributed by atoms with Crippen LogP contribution in [0.1, 0.15) is 68.7 Å². The number of fused-ring (bicyclic) bond motifs is 1. The van der Waals surface area contributed by atoms with Crippen molar-refractivity contribution in [3.8, 4) is 11.5 Å². The van der Waals surface area contributed by atoms with E-state index in [-0.39, 0.29) is 11.6 Å². The van der Waals surface area contributed by atoms with Crippen LogP contribution >= 0.6 is 0 Å². The summed E-state index contributed by atoms with van der Waals surface area (Å²) in [6.45, 7) is 11.9. The molecular formula is C21H30O3. The average molecular weight is 330 g/mol. The van der Waals surface area contributed by atoms with E-state index in [2.05, 4.69) is 32.9 Å². The fourth-order valence-electron chi connectivity index (χ4n) is 3.34. The van der Waals surface area contributed by atoms with Crippen molar-refractivity contribution >= 4 is 5.97 Å². The third-order valence-corrected chi connectivity index (χ3v) is 4.98. The molecule has 1 aromatic rings. The number of benzene rings is 1. The number of carbonyl (C=O) groups excluding carboxylic acids is 1. The molecule has 0 saturated carbocycles. The fourth-order valence-corrected chi connectivity index (χ4v) is 3.34. The molecule has 24 heavy (non-hydrogen) atoms. The molecule has 1 aliphatic heterocycles. The summed E-state index contributed by atoms with van der Waals surface area (Å²) in [6, 6.07) is 0. The van der Waals surface area contributed by atoms with Crippen molar-refractivity contribution in [2.75, 3.05) is 0 Å². The number of esters is 1. The van der Waals surface area contributed by atoms with E-state index < -0.39 is 0 Å². The third-order valence-electron chi connectivity index (χ3n) is 4.98. The minimum Gasteiger partial charge on any atom is -0.487 e. The Kier molecular flexibility index (Phi) is 5.74. The van der Waals surface area contributed by atoms with Crippen molar-refractivity contribution in [3.63, 3.8) is 0 Å². The molecule has 0 aromatic heterocycles. The van der Waals surface area contributed by atoms with Crippen LogP contribution in [0, 0.1) is 20.8 Å². The quantitative estimate of drug-likeness (QED) is 0.414. The van der Waals surface area contributed by atoms with E-state index in [9.17, 15) is 4.79 Å². The number of rotatable bonds is 5. The van der Waals surface area contributed by atoms with Gasteiger partial charge in [-0.15, -0.1) is 0 Å². The number of hydrogen-bond acceptors (Lipinski definition) is 3. The van der Waals surface area contributed by atoms with E-state index in [1.54, 1.807) is 0 Å². The van der Waals surface area contributed by atoms with Crippen molar-refractivity contribution in [2.24, 2.45) is 0 Å². The lowest BCUT2D eigenvalue weighted by atomic mass is 9.85. The van der Waals surface area contributed by atoms with Gasteiger partial charge in [-0.2, -0.15) is 0 Å². The van der Waals surface area contributed by atoms with E-state index in [1.165, 1.54) is 18.9 Å². The van der Waals surface area contributed by atoms with Crippen LogP contribution in [0.15, 0.2) is 12.2 Å². The van der Waals surface area contributed by atoms with Gasteiger partial charge in [-0.25, -0.2) is 0 Å². The van der Waals surface area contributed by atoms with Crippen LogP contribution in [0.3, 0.4) is 0 Å². The third kappa shape index (κ3) is 3.82. The fraction of sp³-hybridized carbons (Fsp3) is 0.571. The van der Waals surface area contributed by atoms with Crippen LogP contribution in [0.2, 0.25) is 0 Å². The second-order valence-electron chi connectivity index (χ2n) is 7.12. The summed E-state index contributed by atoms with van der Waals surface area (Å²) < 4.78 is 11.9. The monoisotopic (exact) mass is 330 g/mol. The molecule has 0 aliphatic carbocycles. The Morgan fingerprint density at radius 3 is 2.54 bits per heavy atom. The lowest BCUT2D eigenvalue weighted by Gasteiger charge is -2.37. The summed E-state index contributed by atoms with van der Waals surface area (Å²) in [6.07, 6.45) is 9.64. The van der Waals surface area contributed by atoms with Crippen molar-refractivity contribution in [3.05, 3.63) is 34.4 Å². The first kappa shape index (κ1) is 18.6. The number of hydrogen-bond donors (Lipinski definition) is 0. The van der Waals surface area contributed by atoms with Crippen molar-refractivity contribution in [1.29, 1.82) is 0 Å². The van der Waals surface area contributed by atoms with Gasteiger partial charge in [-0.05, 0) is 63.6 Å². The number of unbranched alkanes of at least 4 members (excludes halogenated alkanes) is 1. The Labute approximate surface area is 146 Å². The molecule has 132 valence electrons. The molecule has 3 heteroatoms. The van der Waals surface area contributed by atoms with E-state index in [1.807, 2.05) is 13.8 Å². The normalized spacial score (nSPS) is 19.9. The molecule has 1 aromatic carbocycles.